The lowest BCUT2D eigenvalue weighted by molar-refractivity contribution is -0.141. The highest BCUT2D eigenvalue weighted by Gasteiger charge is 2.54. The van der Waals surface area contributed by atoms with Crippen LogP contribution in [0.1, 0.15) is 69.9 Å². The number of allylic oxidation sites excluding steroid dienone is 2. The molecule has 0 bridgehead atoms. The van der Waals surface area contributed by atoms with Gasteiger partial charge in [-0.1, -0.05) is 68.3 Å². The molecular formula is C35H42FNO7. The number of aliphatic hydroxyl groups excluding tert-OH is 2. The van der Waals surface area contributed by atoms with E-state index in [2.05, 4.69) is 0 Å². The first-order chi connectivity index (χ1) is 21.0. The standard InChI is InChI=1S/C35H42FNO7/c1-21(2)25-19-26-33(35(44)37(34(26)43)16-8-4-7-11-31(41)42)27(20-38)32(25)30(40)15-13-24(23-9-5-3-6-10-23)17-22-12-14-29(39)28(36)18-22/h3,5-6,9-10,12,14,17-18,21,26-27,30,33,38-40H,4,7-8,11,13,15-16,19-20H2,1-2H3,(H,41,42)/b24-17-/t26-,27+,30-,33-/m1/s1. The number of benzene rings is 2. The zero-order chi connectivity index (χ0) is 32.0. The summed E-state index contributed by atoms with van der Waals surface area (Å²) in [7, 11) is 0. The molecule has 1 heterocycles. The fraction of sp³-hybridized carbons (Fsp3) is 0.457. The summed E-state index contributed by atoms with van der Waals surface area (Å²) in [6, 6.07) is 13.7. The van der Waals surface area contributed by atoms with Gasteiger partial charge >= 0.3 is 5.97 Å². The van der Waals surface area contributed by atoms with Crippen molar-refractivity contribution in [3.05, 3.63) is 76.6 Å². The molecule has 2 amide bonds. The first-order valence-corrected chi connectivity index (χ1v) is 15.4. The maximum atomic E-state index is 14.1. The Balaban J connectivity index is 1.57. The van der Waals surface area contributed by atoms with Crippen LogP contribution >= 0.6 is 0 Å². The summed E-state index contributed by atoms with van der Waals surface area (Å²) in [6.07, 6.45) is 3.44. The third-order valence-corrected chi connectivity index (χ3v) is 8.88. The van der Waals surface area contributed by atoms with Crippen molar-refractivity contribution in [2.45, 2.75) is 64.9 Å². The van der Waals surface area contributed by atoms with Gasteiger partial charge in [0.25, 0.3) is 0 Å². The molecule has 4 N–H and O–H groups in total. The van der Waals surface area contributed by atoms with E-state index < -0.39 is 41.4 Å². The maximum Gasteiger partial charge on any atom is 0.303 e. The molecule has 0 saturated carbocycles. The van der Waals surface area contributed by atoms with E-state index in [9.17, 15) is 34.1 Å². The normalized spacial score (nSPS) is 21.3. The molecule has 0 spiro atoms. The van der Waals surface area contributed by atoms with Crippen LogP contribution in [0, 0.1) is 29.5 Å². The Hall–Kier alpha value is -3.82. The van der Waals surface area contributed by atoms with E-state index in [1.54, 1.807) is 6.07 Å². The molecule has 1 aliphatic heterocycles. The molecule has 2 aliphatic rings. The SMILES string of the molecule is CC(C)C1=C([C@H](O)CC/C(=C/c2ccc(O)c(F)c2)c2ccccc2)[C@H](CO)[C@@H]2C(=O)N(CCCCCC(=O)O)C(=O)[C@@H]2C1. The molecule has 2 aromatic rings. The molecule has 0 radical (unpaired) electrons. The van der Waals surface area contributed by atoms with E-state index in [4.69, 9.17) is 5.11 Å². The lowest BCUT2D eigenvalue weighted by atomic mass is 9.66. The average molecular weight is 608 g/mol. The van der Waals surface area contributed by atoms with Gasteiger partial charge in [0.05, 0.1) is 24.5 Å². The van der Waals surface area contributed by atoms with Gasteiger partial charge in [-0.15, -0.1) is 0 Å². The van der Waals surface area contributed by atoms with Gasteiger partial charge in [0.1, 0.15) is 0 Å². The van der Waals surface area contributed by atoms with Crippen molar-refractivity contribution in [1.82, 2.24) is 4.90 Å². The molecule has 1 saturated heterocycles. The number of aliphatic hydroxyl groups is 2. The second-order valence-electron chi connectivity index (χ2n) is 12.1. The maximum absolute atomic E-state index is 14.1. The summed E-state index contributed by atoms with van der Waals surface area (Å²) < 4.78 is 14.1. The van der Waals surface area contributed by atoms with Crippen LogP contribution in [0.4, 0.5) is 4.39 Å². The van der Waals surface area contributed by atoms with Crippen molar-refractivity contribution in [3.8, 4) is 5.75 Å². The number of carboxylic acids is 1. The lowest BCUT2D eigenvalue weighted by Crippen LogP contribution is -2.40. The van der Waals surface area contributed by atoms with Gasteiger partial charge in [0, 0.05) is 18.9 Å². The number of unbranched alkanes of at least 4 members (excludes halogenated alkanes) is 2. The van der Waals surface area contributed by atoms with E-state index >= 15 is 0 Å². The first-order valence-electron chi connectivity index (χ1n) is 15.4. The Bertz CT molecular complexity index is 1420. The summed E-state index contributed by atoms with van der Waals surface area (Å²) in [5.74, 6) is -4.74. The Morgan fingerprint density at radius 3 is 2.41 bits per heavy atom. The number of rotatable bonds is 14. The molecule has 0 aromatic heterocycles. The number of amides is 2. The summed E-state index contributed by atoms with van der Waals surface area (Å²) in [5, 5.41) is 40.7. The lowest BCUT2D eigenvalue weighted by Gasteiger charge is -2.38. The van der Waals surface area contributed by atoms with Gasteiger partial charge in [-0.3, -0.25) is 19.3 Å². The van der Waals surface area contributed by atoms with Crippen molar-refractivity contribution in [1.29, 1.82) is 0 Å². The number of imide groups is 1. The zero-order valence-electron chi connectivity index (χ0n) is 25.3. The minimum absolute atomic E-state index is 0.0215. The molecule has 2 aromatic carbocycles. The van der Waals surface area contributed by atoms with Crippen molar-refractivity contribution in [2.75, 3.05) is 13.2 Å². The van der Waals surface area contributed by atoms with Crippen molar-refractivity contribution in [2.24, 2.45) is 23.7 Å². The Labute approximate surface area is 257 Å². The van der Waals surface area contributed by atoms with Crippen LogP contribution in [0.3, 0.4) is 0 Å². The minimum Gasteiger partial charge on any atom is -0.505 e. The molecule has 1 aliphatic carbocycles. The fourth-order valence-electron chi connectivity index (χ4n) is 6.67. The molecule has 1 fully saturated rings. The minimum atomic E-state index is -0.984. The number of aromatic hydroxyl groups is 1. The monoisotopic (exact) mass is 607 g/mol. The number of phenolic OH excluding ortho intramolecular Hbond substituents is 1. The average Bonchev–Trinajstić information content (AvgIpc) is 3.24. The van der Waals surface area contributed by atoms with Crippen molar-refractivity contribution >= 4 is 29.4 Å². The number of hydrogen-bond donors (Lipinski definition) is 4. The van der Waals surface area contributed by atoms with Crippen LogP contribution in [0.2, 0.25) is 0 Å². The second-order valence-corrected chi connectivity index (χ2v) is 12.1. The van der Waals surface area contributed by atoms with Gasteiger partial charge in [-0.05, 0) is 72.4 Å². The third kappa shape index (κ3) is 7.45. The van der Waals surface area contributed by atoms with Crippen LogP contribution in [-0.4, -0.2) is 62.4 Å². The van der Waals surface area contributed by atoms with Crippen molar-refractivity contribution in [3.63, 3.8) is 0 Å². The van der Waals surface area contributed by atoms with E-state index in [-0.39, 0.29) is 43.7 Å². The summed E-state index contributed by atoms with van der Waals surface area (Å²) in [5.41, 5.74) is 3.80. The Morgan fingerprint density at radius 2 is 1.77 bits per heavy atom. The van der Waals surface area contributed by atoms with E-state index in [1.165, 1.54) is 17.0 Å². The van der Waals surface area contributed by atoms with E-state index in [0.717, 1.165) is 16.7 Å². The van der Waals surface area contributed by atoms with Crippen LogP contribution in [0.25, 0.3) is 11.6 Å². The zero-order valence-corrected chi connectivity index (χ0v) is 25.3. The predicted octanol–water partition coefficient (Wildman–Crippen LogP) is 5.42. The van der Waals surface area contributed by atoms with Crippen molar-refractivity contribution < 1.29 is 39.2 Å². The number of halogens is 1. The number of carbonyl (C=O) groups excluding carboxylic acids is 2. The molecule has 44 heavy (non-hydrogen) atoms. The summed E-state index contributed by atoms with van der Waals surface area (Å²) in [4.78, 5) is 39.1. The second kappa shape index (κ2) is 14.8. The topological polar surface area (TPSA) is 135 Å². The number of likely N-dealkylation sites (tertiary alicyclic amines) is 1. The number of fused-ring (bicyclic) bond motifs is 1. The first kappa shape index (κ1) is 33.1. The molecule has 0 unspecified atom stereocenters. The van der Waals surface area contributed by atoms with E-state index in [0.29, 0.717) is 43.2 Å². The molecular weight excluding hydrogens is 565 g/mol. The van der Waals surface area contributed by atoms with Crippen LogP contribution < -0.4 is 0 Å². The van der Waals surface area contributed by atoms with Crippen LogP contribution in [0.15, 0.2) is 59.7 Å². The fourth-order valence-corrected chi connectivity index (χ4v) is 6.67. The van der Waals surface area contributed by atoms with Gasteiger partial charge in [0.2, 0.25) is 11.8 Å². The molecule has 8 nitrogen and oxygen atoms in total. The quantitative estimate of drug-likeness (QED) is 0.0974. The van der Waals surface area contributed by atoms with Gasteiger partial charge in [0.15, 0.2) is 11.6 Å². The Kier molecular flexibility index (Phi) is 11.1. The predicted molar refractivity (Wildman–Crippen MR) is 164 cm³/mol. The highest BCUT2D eigenvalue weighted by Crippen LogP contribution is 2.48. The number of hydrogen-bond acceptors (Lipinski definition) is 6. The molecule has 236 valence electrons. The van der Waals surface area contributed by atoms with E-state index in [1.807, 2.05) is 50.3 Å². The number of phenols is 1. The molecule has 4 rings (SSSR count). The number of carboxylic acid groups (broad SMARTS) is 1. The smallest absolute Gasteiger partial charge is 0.303 e. The number of nitrogens with zero attached hydrogens (tertiary/aromatic N) is 1. The highest BCUT2D eigenvalue weighted by atomic mass is 19.1. The van der Waals surface area contributed by atoms with Gasteiger partial charge in [-0.25, -0.2) is 4.39 Å². The molecule has 9 heteroatoms. The highest BCUT2D eigenvalue weighted by molar-refractivity contribution is 6.05. The number of carbonyl (C=O) groups is 3. The summed E-state index contributed by atoms with van der Waals surface area (Å²) >= 11 is 0. The van der Waals surface area contributed by atoms with Crippen LogP contribution in [0.5, 0.6) is 5.75 Å². The van der Waals surface area contributed by atoms with Gasteiger partial charge in [-0.2, -0.15) is 0 Å². The summed E-state index contributed by atoms with van der Waals surface area (Å²) in [6.45, 7) is 3.78. The largest absolute Gasteiger partial charge is 0.505 e. The number of aliphatic carboxylic acids is 1. The van der Waals surface area contributed by atoms with Crippen LogP contribution in [-0.2, 0) is 14.4 Å². The Morgan fingerprint density at radius 1 is 1.05 bits per heavy atom. The molecule has 4 atom stereocenters. The third-order valence-electron chi connectivity index (χ3n) is 8.88. The van der Waals surface area contributed by atoms with Gasteiger partial charge < -0.3 is 20.4 Å².